The second kappa shape index (κ2) is 13.7. The Morgan fingerprint density at radius 1 is 0.951 bits per heavy atom. The molecule has 1 atom stereocenters. The molecule has 218 valence electrons. The zero-order valence-electron chi connectivity index (χ0n) is 23.2. The van der Waals surface area contributed by atoms with Crippen LogP contribution in [0.5, 0.6) is 0 Å². The Morgan fingerprint density at radius 2 is 1.59 bits per heavy atom. The third-order valence-corrected chi connectivity index (χ3v) is 9.87. The van der Waals surface area contributed by atoms with Crippen molar-refractivity contribution in [2.45, 2.75) is 69.5 Å². The van der Waals surface area contributed by atoms with E-state index in [9.17, 15) is 18.0 Å². The van der Waals surface area contributed by atoms with Gasteiger partial charge in [0.1, 0.15) is 12.6 Å². The molecule has 1 aliphatic carbocycles. The van der Waals surface area contributed by atoms with Gasteiger partial charge < -0.3 is 10.2 Å². The Bertz CT molecular complexity index is 1460. The Kier molecular flexibility index (Phi) is 10.3. The summed E-state index contributed by atoms with van der Waals surface area (Å²) in [7, 11) is -4.13. The lowest BCUT2D eigenvalue weighted by atomic mass is 10.1. The van der Waals surface area contributed by atoms with Crippen LogP contribution in [0, 0.1) is 6.92 Å². The van der Waals surface area contributed by atoms with Crippen LogP contribution < -0.4 is 9.62 Å². The second-order valence-corrected chi connectivity index (χ2v) is 13.0. The second-order valence-electron chi connectivity index (χ2n) is 10.3. The first-order valence-corrected chi connectivity index (χ1v) is 16.0. The first-order valence-electron chi connectivity index (χ1n) is 13.8. The number of anilines is 1. The van der Waals surface area contributed by atoms with E-state index in [-0.39, 0.29) is 23.4 Å². The summed E-state index contributed by atoms with van der Waals surface area (Å²) in [5.74, 6) is -0.820. The molecule has 0 saturated heterocycles. The molecule has 1 saturated carbocycles. The number of sulfonamides is 1. The van der Waals surface area contributed by atoms with Gasteiger partial charge in [0.2, 0.25) is 11.8 Å². The van der Waals surface area contributed by atoms with Gasteiger partial charge in [0.25, 0.3) is 10.0 Å². The van der Waals surface area contributed by atoms with Gasteiger partial charge in [-0.25, -0.2) is 8.42 Å². The third-order valence-electron chi connectivity index (χ3n) is 7.38. The van der Waals surface area contributed by atoms with Gasteiger partial charge in [-0.3, -0.25) is 13.9 Å². The molecule has 0 bridgehead atoms. The van der Waals surface area contributed by atoms with Crippen molar-refractivity contribution < 1.29 is 18.0 Å². The van der Waals surface area contributed by atoms with Gasteiger partial charge in [-0.15, -0.1) is 0 Å². The molecule has 10 heteroatoms. The van der Waals surface area contributed by atoms with Crippen molar-refractivity contribution in [2.75, 3.05) is 10.8 Å². The first kappa shape index (κ1) is 30.9. The molecule has 1 aliphatic rings. The highest BCUT2D eigenvalue weighted by molar-refractivity contribution is 7.92. The highest BCUT2D eigenvalue weighted by Gasteiger charge is 2.35. The van der Waals surface area contributed by atoms with Gasteiger partial charge in [0.15, 0.2) is 0 Å². The number of aryl methyl sites for hydroxylation is 1. The minimum Gasteiger partial charge on any atom is -0.352 e. The maximum absolute atomic E-state index is 14.2. The van der Waals surface area contributed by atoms with E-state index >= 15 is 0 Å². The summed E-state index contributed by atoms with van der Waals surface area (Å²) in [6, 6.07) is 19.2. The Hall–Kier alpha value is -3.07. The van der Waals surface area contributed by atoms with Crippen LogP contribution in [0.1, 0.15) is 50.2 Å². The Balaban J connectivity index is 1.74. The number of halogens is 2. The monoisotopic (exact) mass is 615 g/mol. The van der Waals surface area contributed by atoms with E-state index in [1.807, 2.05) is 19.9 Å². The molecule has 0 heterocycles. The molecule has 7 nitrogen and oxygen atoms in total. The van der Waals surface area contributed by atoms with Crippen molar-refractivity contribution in [3.05, 3.63) is 94.0 Å². The van der Waals surface area contributed by atoms with Gasteiger partial charge in [0, 0.05) is 28.2 Å². The molecule has 1 fully saturated rings. The van der Waals surface area contributed by atoms with Crippen LogP contribution in [0.25, 0.3) is 0 Å². The minimum atomic E-state index is -4.13. The third kappa shape index (κ3) is 7.42. The number of nitrogens with zero attached hydrogens (tertiary/aromatic N) is 2. The number of carbonyl (C=O) groups excluding carboxylic acids is 2. The topological polar surface area (TPSA) is 86.8 Å². The van der Waals surface area contributed by atoms with Crippen molar-refractivity contribution in [1.29, 1.82) is 0 Å². The molecule has 1 N–H and O–H groups in total. The summed E-state index contributed by atoms with van der Waals surface area (Å²) >= 11 is 13.0. The van der Waals surface area contributed by atoms with E-state index in [2.05, 4.69) is 5.32 Å². The average molecular weight is 617 g/mol. The summed E-state index contributed by atoms with van der Waals surface area (Å²) in [6.45, 7) is 3.11. The Labute approximate surface area is 252 Å². The number of benzene rings is 3. The van der Waals surface area contributed by atoms with E-state index in [0.29, 0.717) is 27.7 Å². The molecule has 0 aliphatic heterocycles. The van der Waals surface area contributed by atoms with Crippen molar-refractivity contribution >= 4 is 50.7 Å². The smallest absolute Gasteiger partial charge is 0.264 e. The molecule has 3 aromatic carbocycles. The van der Waals surface area contributed by atoms with Crippen LogP contribution in [0.2, 0.25) is 10.0 Å². The zero-order valence-corrected chi connectivity index (χ0v) is 25.6. The van der Waals surface area contributed by atoms with Gasteiger partial charge >= 0.3 is 0 Å². The predicted molar refractivity (Wildman–Crippen MR) is 164 cm³/mol. The number of hydrogen-bond donors (Lipinski definition) is 1. The molecule has 4 rings (SSSR count). The minimum absolute atomic E-state index is 0.0546. The quantitative estimate of drug-likeness (QED) is 0.272. The van der Waals surface area contributed by atoms with Crippen LogP contribution in [0.3, 0.4) is 0 Å². The van der Waals surface area contributed by atoms with Crippen LogP contribution in [0.4, 0.5) is 5.69 Å². The molecule has 0 spiro atoms. The predicted octanol–water partition coefficient (Wildman–Crippen LogP) is 6.36. The largest absolute Gasteiger partial charge is 0.352 e. The molecule has 0 radical (unpaired) electrons. The molecule has 41 heavy (non-hydrogen) atoms. The summed E-state index contributed by atoms with van der Waals surface area (Å²) in [4.78, 5) is 29.2. The van der Waals surface area contributed by atoms with Gasteiger partial charge in [0.05, 0.1) is 10.6 Å². The number of amides is 2. The van der Waals surface area contributed by atoms with Crippen molar-refractivity contribution in [3.63, 3.8) is 0 Å². The van der Waals surface area contributed by atoms with Gasteiger partial charge in [-0.05, 0) is 68.1 Å². The zero-order chi connectivity index (χ0) is 29.6. The Morgan fingerprint density at radius 3 is 2.20 bits per heavy atom. The molecule has 0 unspecified atom stereocenters. The van der Waals surface area contributed by atoms with E-state index < -0.39 is 28.5 Å². The molecular weight excluding hydrogens is 581 g/mol. The fraction of sp³-hybridized carbons (Fsp3) is 0.355. The maximum atomic E-state index is 14.2. The number of nitrogens with one attached hydrogen (secondary N) is 1. The lowest BCUT2D eigenvalue weighted by Gasteiger charge is -2.34. The molecule has 2 amide bonds. The average Bonchev–Trinajstić information content (AvgIpc) is 3.46. The maximum Gasteiger partial charge on any atom is 0.264 e. The standard InChI is InChI=1S/C31H35Cl2N3O4S/c1-3-29(31(38)34-23-12-7-8-13-23)35(20-26-27(32)17-10-18-28(26)33)30(37)21-36(24-14-9-11-22(2)19-24)41(39,40)25-15-5-4-6-16-25/h4-6,9-11,14-19,23,29H,3,7-8,12-13,20-21H2,1-2H3,(H,34,38)/t29-/m0/s1. The van der Waals surface area contributed by atoms with Crippen molar-refractivity contribution in [1.82, 2.24) is 10.2 Å². The highest BCUT2D eigenvalue weighted by atomic mass is 35.5. The normalized spacial score (nSPS) is 14.4. The van der Waals surface area contributed by atoms with E-state index in [1.165, 1.54) is 17.0 Å². The molecule has 3 aromatic rings. The first-order chi connectivity index (χ1) is 19.6. The van der Waals surface area contributed by atoms with Gasteiger partial charge in [-0.1, -0.05) is 79.4 Å². The highest BCUT2D eigenvalue weighted by Crippen LogP contribution is 2.29. The fourth-order valence-corrected chi connectivity index (χ4v) is 7.12. The summed E-state index contributed by atoms with van der Waals surface area (Å²) in [6.07, 6.45) is 4.19. The van der Waals surface area contributed by atoms with E-state index in [0.717, 1.165) is 35.6 Å². The van der Waals surface area contributed by atoms with Crippen molar-refractivity contribution in [3.8, 4) is 0 Å². The number of rotatable bonds is 11. The summed E-state index contributed by atoms with van der Waals surface area (Å²) in [5.41, 5.74) is 1.68. The van der Waals surface area contributed by atoms with Crippen LogP contribution in [0.15, 0.2) is 77.7 Å². The van der Waals surface area contributed by atoms with E-state index in [4.69, 9.17) is 23.2 Å². The van der Waals surface area contributed by atoms with Gasteiger partial charge in [-0.2, -0.15) is 0 Å². The van der Waals surface area contributed by atoms with E-state index in [1.54, 1.807) is 54.6 Å². The van der Waals surface area contributed by atoms with Crippen LogP contribution in [-0.2, 0) is 26.2 Å². The van der Waals surface area contributed by atoms with Crippen LogP contribution in [-0.4, -0.2) is 43.8 Å². The van der Waals surface area contributed by atoms with Crippen LogP contribution >= 0.6 is 23.2 Å². The van der Waals surface area contributed by atoms with Crippen molar-refractivity contribution in [2.24, 2.45) is 0 Å². The lowest BCUT2D eigenvalue weighted by Crippen LogP contribution is -2.53. The lowest BCUT2D eigenvalue weighted by molar-refractivity contribution is -0.140. The SMILES string of the molecule is CC[C@@H](C(=O)NC1CCCC1)N(Cc1c(Cl)cccc1Cl)C(=O)CN(c1cccc(C)c1)S(=O)(=O)c1ccccc1. The summed E-state index contributed by atoms with van der Waals surface area (Å²) < 4.78 is 28.9. The molecular formula is C31H35Cl2N3O4S. The number of hydrogen-bond acceptors (Lipinski definition) is 4. The fourth-order valence-electron chi connectivity index (χ4n) is 5.17. The molecule has 0 aromatic heterocycles. The summed E-state index contributed by atoms with van der Waals surface area (Å²) in [5, 5.41) is 3.81. The number of carbonyl (C=O) groups is 2.